The highest BCUT2D eigenvalue weighted by atomic mass is 16.6. The molecule has 0 radical (unpaired) electrons. The number of pyridine rings is 1. The maximum Gasteiger partial charge on any atom is 0.407 e. The molecule has 0 bridgehead atoms. The predicted octanol–water partition coefficient (Wildman–Crippen LogP) is 4.38. The molecular formula is C19H24N2O2. The summed E-state index contributed by atoms with van der Waals surface area (Å²) in [5, 5.41) is 2.81. The number of hydrogen-bond acceptors (Lipinski definition) is 3. The van der Waals surface area contributed by atoms with E-state index in [0.717, 1.165) is 11.3 Å². The molecule has 0 spiro atoms. The number of rotatable bonds is 4. The first kappa shape index (κ1) is 17.0. The van der Waals surface area contributed by atoms with E-state index in [2.05, 4.69) is 41.5 Å². The second-order valence-corrected chi connectivity index (χ2v) is 6.62. The van der Waals surface area contributed by atoms with Gasteiger partial charge in [-0.1, -0.05) is 37.3 Å². The molecule has 2 rings (SSSR count). The Hall–Kier alpha value is -2.36. The lowest BCUT2D eigenvalue weighted by Crippen LogP contribution is -2.34. The second kappa shape index (κ2) is 7.27. The van der Waals surface area contributed by atoms with Crippen molar-refractivity contribution in [1.29, 1.82) is 0 Å². The summed E-state index contributed by atoms with van der Waals surface area (Å²) in [6.45, 7) is 8.18. The van der Waals surface area contributed by atoms with E-state index in [0.29, 0.717) is 6.54 Å². The van der Waals surface area contributed by atoms with Crippen LogP contribution in [0.15, 0.2) is 48.7 Å². The van der Waals surface area contributed by atoms with E-state index in [1.165, 1.54) is 5.56 Å². The molecule has 0 fully saturated rings. The van der Waals surface area contributed by atoms with Crippen LogP contribution in [0, 0.1) is 0 Å². The summed E-state index contributed by atoms with van der Waals surface area (Å²) in [6, 6.07) is 14.1. The van der Waals surface area contributed by atoms with Gasteiger partial charge < -0.3 is 10.1 Å². The fourth-order valence-electron chi connectivity index (χ4n) is 2.18. The fraction of sp³-hybridized carbons (Fsp3) is 0.368. The van der Waals surface area contributed by atoms with E-state index >= 15 is 0 Å². The van der Waals surface area contributed by atoms with Crippen molar-refractivity contribution in [3.8, 4) is 11.3 Å². The molecule has 0 aliphatic carbocycles. The molecule has 2 aromatic rings. The second-order valence-electron chi connectivity index (χ2n) is 6.62. The molecule has 0 saturated carbocycles. The first-order valence-corrected chi connectivity index (χ1v) is 7.83. The average Bonchev–Trinajstić information content (AvgIpc) is 2.52. The third kappa shape index (κ3) is 5.40. The Balaban J connectivity index is 1.93. The van der Waals surface area contributed by atoms with Crippen molar-refractivity contribution >= 4 is 6.09 Å². The summed E-state index contributed by atoms with van der Waals surface area (Å²) in [7, 11) is 0. The highest BCUT2D eigenvalue weighted by Gasteiger charge is 2.16. The predicted molar refractivity (Wildman–Crippen MR) is 92.3 cm³/mol. The Kier molecular flexibility index (Phi) is 5.37. The Labute approximate surface area is 137 Å². The molecular weight excluding hydrogens is 288 g/mol. The Morgan fingerprint density at radius 3 is 2.43 bits per heavy atom. The van der Waals surface area contributed by atoms with Crippen LogP contribution in [0.25, 0.3) is 11.3 Å². The van der Waals surface area contributed by atoms with E-state index < -0.39 is 5.60 Å². The number of carbonyl (C=O) groups is 1. The van der Waals surface area contributed by atoms with Gasteiger partial charge in [0.2, 0.25) is 0 Å². The maximum absolute atomic E-state index is 11.7. The van der Waals surface area contributed by atoms with E-state index in [9.17, 15) is 4.79 Å². The maximum atomic E-state index is 11.7. The summed E-state index contributed by atoms with van der Waals surface area (Å²) in [4.78, 5) is 16.0. The SMILES string of the molecule is C[C@@H](CNC(=O)OC(C)(C)C)c1ccc(-c2ccccn2)cc1. The normalized spacial score (nSPS) is 12.5. The molecule has 1 N–H and O–H groups in total. The van der Waals surface area contributed by atoms with Crippen molar-refractivity contribution in [3.63, 3.8) is 0 Å². The van der Waals surface area contributed by atoms with Crippen LogP contribution in [-0.4, -0.2) is 23.2 Å². The van der Waals surface area contributed by atoms with E-state index in [-0.39, 0.29) is 12.0 Å². The summed E-state index contributed by atoms with van der Waals surface area (Å²) >= 11 is 0. The molecule has 1 aromatic carbocycles. The van der Waals surface area contributed by atoms with Gasteiger partial charge in [0.1, 0.15) is 5.60 Å². The molecule has 23 heavy (non-hydrogen) atoms. The third-order valence-corrected chi connectivity index (χ3v) is 3.39. The largest absolute Gasteiger partial charge is 0.444 e. The Morgan fingerprint density at radius 1 is 1.17 bits per heavy atom. The van der Waals surface area contributed by atoms with Crippen LogP contribution in [0.5, 0.6) is 0 Å². The summed E-state index contributed by atoms with van der Waals surface area (Å²) in [5.41, 5.74) is 2.73. The number of carbonyl (C=O) groups excluding carboxylic acids is 1. The Morgan fingerprint density at radius 2 is 1.87 bits per heavy atom. The minimum Gasteiger partial charge on any atom is -0.444 e. The van der Waals surface area contributed by atoms with Gasteiger partial charge in [-0.15, -0.1) is 0 Å². The zero-order valence-electron chi connectivity index (χ0n) is 14.2. The summed E-state index contributed by atoms with van der Waals surface area (Å²) in [5.74, 6) is 0.209. The molecule has 1 atom stereocenters. The van der Waals surface area contributed by atoms with E-state index in [1.807, 2.05) is 39.0 Å². The lowest BCUT2D eigenvalue weighted by molar-refractivity contribution is 0.0525. The zero-order chi connectivity index (χ0) is 16.9. The Bertz CT molecular complexity index is 631. The van der Waals surface area contributed by atoms with Gasteiger partial charge in [0.15, 0.2) is 0 Å². The topological polar surface area (TPSA) is 51.2 Å². The molecule has 4 nitrogen and oxygen atoms in total. The number of nitrogens with zero attached hydrogens (tertiary/aromatic N) is 1. The lowest BCUT2D eigenvalue weighted by atomic mass is 9.99. The minimum atomic E-state index is -0.475. The molecule has 0 unspecified atom stereocenters. The van der Waals surface area contributed by atoms with Gasteiger partial charge in [0.05, 0.1) is 5.69 Å². The zero-order valence-corrected chi connectivity index (χ0v) is 14.2. The highest BCUT2D eigenvalue weighted by Crippen LogP contribution is 2.21. The van der Waals surface area contributed by atoms with E-state index in [4.69, 9.17) is 4.74 Å². The van der Waals surface area contributed by atoms with Crippen LogP contribution in [0.1, 0.15) is 39.2 Å². The number of hydrogen-bond donors (Lipinski definition) is 1. The molecule has 0 saturated heterocycles. The number of alkyl carbamates (subject to hydrolysis) is 1. The first-order valence-electron chi connectivity index (χ1n) is 7.83. The van der Waals surface area contributed by atoms with Gasteiger partial charge in [-0.3, -0.25) is 4.98 Å². The third-order valence-electron chi connectivity index (χ3n) is 3.39. The molecule has 0 aliphatic rings. The van der Waals surface area contributed by atoms with Crippen LogP contribution < -0.4 is 5.32 Å². The van der Waals surface area contributed by atoms with Crippen LogP contribution in [0.3, 0.4) is 0 Å². The van der Waals surface area contributed by atoms with Crippen LogP contribution in [-0.2, 0) is 4.74 Å². The van der Waals surface area contributed by atoms with Crippen molar-refractivity contribution in [2.45, 2.75) is 39.2 Å². The standard InChI is InChI=1S/C19H24N2O2/c1-14(13-21-18(22)23-19(2,3)4)15-8-10-16(11-9-15)17-7-5-6-12-20-17/h5-12,14H,13H2,1-4H3,(H,21,22)/t14-/m0/s1. The average molecular weight is 312 g/mol. The molecule has 4 heteroatoms. The van der Waals surface area contributed by atoms with Gasteiger partial charge >= 0.3 is 6.09 Å². The number of ether oxygens (including phenoxy) is 1. The van der Waals surface area contributed by atoms with Crippen molar-refractivity contribution < 1.29 is 9.53 Å². The summed E-state index contributed by atoms with van der Waals surface area (Å²) < 4.78 is 5.24. The van der Waals surface area contributed by atoms with Crippen LogP contribution in [0.2, 0.25) is 0 Å². The molecule has 122 valence electrons. The van der Waals surface area contributed by atoms with E-state index in [1.54, 1.807) is 6.20 Å². The molecule has 1 heterocycles. The molecule has 0 aliphatic heterocycles. The minimum absolute atomic E-state index is 0.209. The number of aromatic nitrogens is 1. The quantitative estimate of drug-likeness (QED) is 0.911. The van der Waals surface area contributed by atoms with Crippen molar-refractivity contribution in [2.75, 3.05) is 6.54 Å². The smallest absolute Gasteiger partial charge is 0.407 e. The fourth-order valence-corrected chi connectivity index (χ4v) is 2.18. The van der Waals surface area contributed by atoms with Crippen molar-refractivity contribution in [2.24, 2.45) is 0 Å². The molecule has 1 amide bonds. The first-order chi connectivity index (χ1) is 10.8. The molecule has 1 aromatic heterocycles. The monoisotopic (exact) mass is 312 g/mol. The number of benzene rings is 1. The van der Waals surface area contributed by atoms with Gasteiger partial charge in [-0.05, 0) is 44.4 Å². The highest BCUT2D eigenvalue weighted by molar-refractivity contribution is 5.67. The van der Waals surface area contributed by atoms with Gasteiger partial charge in [-0.2, -0.15) is 0 Å². The van der Waals surface area contributed by atoms with Crippen molar-refractivity contribution in [3.05, 3.63) is 54.2 Å². The number of amides is 1. The van der Waals surface area contributed by atoms with Crippen LogP contribution in [0.4, 0.5) is 4.79 Å². The lowest BCUT2D eigenvalue weighted by Gasteiger charge is -2.21. The van der Waals surface area contributed by atoms with Crippen molar-refractivity contribution in [1.82, 2.24) is 10.3 Å². The van der Waals surface area contributed by atoms with Gasteiger partial charge in [-0.25, -0.2) is 4.79 Å². The number of nitrogens with one attached hydrogen (secondary N) is 1. The van der Waals surface area contributed by atoms with Gasteiger partial charge in [0.25, 0.3) is 0 Å². The van der Waals surface area contributed by atoms with Gasteiger partial charge in [0, 0.05) is 18.3 Å². The van der Waals surface area contributed by atoms with Crippen LogP contribution >= 0.6 is 0 Å². The summed E-state index contributed by atoms with van der Waals surface area (Å²) in [6.07, 6.45) is 1.41.